The summed E-state index contributed by atoms with van der Waals surface area (Å²) < 4.78 is 0. The maximum atomic E-state index is 10.9. The summed E-state index contributed by atoms with van der Waals surface area (Å²) in [5.41, 5.74) is 2.09. The SMILES string of the molecule is O=[N+]([O-])c1cccc(C2=CSC3=NC4CCCC4CN23)c1. The summed E-state index contributed by atoms with van der Waals surface area (Å²) >= 11 is 1.64. The standard InChI is InChI=1S/C15H15N3O2S/c19-18(20)12-5-1-3-10(7-12)14-9-21-15-16-13-6-2-4-11(13)8-17(14)15/h1,3,5,7,9,11,13H,2,4,6,8H2. The minimum absolute atomic E-state index is 0.138. The summed E-state index contributed by atoms with van der Waals surface area (Å²) in [5.74, 6) is 0.634. The number of aliphatic imine (C=N–C) groups is 1. The summed E-state index contributed by atoms with van der Waals surface area (Å²) in [7, 11) is 0. The third kappa shape index (κ3) is 2.14. The number of nitro groups is 1. The molecule has 0 radical (unpaired) electrons. The van der Waals surface area contributed by atoms with Crippen molar-refractivity contribution in [1.29, 1.82) is 0 Å². The van der Waals surface area contributed by atoms with Crippen LogP contribution in [0.4, 0.5) is 5.69 Å². The van der Waals surface area contributed by atoms with Gasteiger partial charge in [-0.15, -0.1) is 0 Å². The highest BCUT2D eigenvalue weighted by atomic mass is 32.2. The topological polar surface area (TPSA) is 58.7 Å². The van der Waals surface area contributed by atoms with Gasteiger partial charge in [-0.3, -0.25) is 15.1 Å². The van der Waals surface area contributed by atoms with Crippen LogP contribution in [0.5, 0.6) is 0 Å². The Hall–Kier alpha value is -1.82. The van der Waals surface area contributed by atoms with Crippen molar-refractivity contribution < 1.29 is 4.92 Å². The number of nitrogens with zero attached hydrogens (tertiary/aromatic N) is 3. The van der Waals surface area contributed by atoms with Crippen LogP contribution in [0.2, 0.25) is 0 Å². The van der Waals surface area contributed by atoms with E-state index in [0.29, 0.717) is 12.0 Å². The van der Waals surface area contributed by atoms with Gasteiger partial charge in [0.1, 0.15) is 0 Å². The Kier molecular flexibility index (Phi) is 2.99. The van der Waals surface area contributed by atoms with E-state index in [1.807, 2.05) is 6.07 Å². The van der Waals surface area contributed by atoms with Gasteiger partial charge in [0.2, 0.25) is 0 Å². The van der Waals surface area contributed by atoms with E-state index in [-0.39, 0.29) is 10.6 Å². The molecule has 2 unspecified atom stereocenters. The van der Waals surface area contributed by atoms with Crippen LogP contribution in [-0.2, 0) is 0 Å². The molecule has 1 aliphatic carbocycles. The van der Waals surface area contributed by atoms with Crippen LogP contribution in [0, 0.1) is 16.0 Å². The molecule has 4 rings (SSSR count). The number of hydrogen-bond donors (Lipinski definition) is 0. The second kappa shape index (κ2) is 4.87. The van der Waals surface area contributed by atoms with Gasteiger partial charge in [-0.05, 0) is 18.8 Å². The summed E-state index contributed by atoms with van der Waals surface area (Å²) in [6, 6.07) is 7.35. The largest absolute Gasteiger partial charge is 0.320 e. The van der Waals surface area contributed by atoms with E-state index < -0.39 is 0 Å². The van der Waals surface area contributed by atoms with Crippen molar-refractivity contribution in [2.24, 2.45) is 10.9 Å². The maximum absolute atomic E-state index is 10.9. The molecule has 1 fully saturated rings. The van der Waals surface area contributed by atoms with Crippen LogP contribution in [0.25, 0.3) is 5.70 Å². The Morgan fingerprint density at radius 2 is 2.29 bits per heavy atom. The van der Waals surface area contributed by atoms with Gasteiger partial charge >= 0.3 is 0 Å². The molecule has 2 aliphatic heterocycles. The van der Waals surface area contributed by atoms with E-state index in [1.165, 1.54) is 25.3 Å². The van der Waals surface area contributed by atoms with Crippen molar-refractivity contribution in [1.82, 2.24) is 4.90 Å². The molecule has 1 aromatic rings. The van der Waals surface area contributed by atoms with E-state index in [1.54, 1.807) is 23.9 Å². The molecule has 5 nitrogen and oxygen atoms in total. The third-order valence-electron chi connectivity index (χ3n) is 4.46. The van der Waals surface area contributed by atoms with Crippen molar-refractivity contribution in [2.45, 2.75) is 25.3 Å². The molecule has 0 aromatic heterocycles. The predicted octanol–water partition coefficient (Wildman–Crippen LogP) is 3.48. The average Bonchev–Trinajstić information content (AvgIpc) is 3.10. The first kappa shape index (κ1) is 12.9. The molecular weight excluding hydrogens is 286 g/mol. The highest BCUT2D eigenvalue weighted by molar-refractivity contribution is 8.16. The molecule has 0 spiro atoms. The van der Waals surface area contributed by atoms with E-state index in [9.17, 15) is 10.1 Å². The number of benzene rings is 1. The Bertz CT molecular complexity index is 671. The number of nitro benzene ring substituents is 1. The van der Waals surface area contributed by atoms with Crippen LogP contribution in [0.15, 0.2) is 34.7 Å². The lowest BCUT2D eigenvalue weighted by atomic mass is 10.0. The summed E-state index contributed by atoms with van der Waals surface area (Å²) in [6.45, 7) is 0.991. The number of non-ortho nitro benzene ring substituents is 1. The smallest absolute Gasteiger partial charge is 0.270 e. The monoisotopic (exact) mass is 301 g/mol. The molecule has 0 bridgehead atoms. The normalized spacial score (nSPS) is 27.0. The lowest BCUT2D eigenvalue weighted by Crippen LogP contribution is -2.37. The Morgan fingerprint density at radius 3 is 3.14 bits per heavy atom. The highest BCUT2D eigenvalue weighted by Crippen LogP contribution is 2.42. The fourth-order valence-electron chi connectivity index (χ4n) is 3.39. The molecular formula is C15H15N3O2S. The average molecular weight is 301 g/mol. The van der Waals surface area contributed by atoms with Crippen LogP contribution >= 0.6 is 11.8 Å². The van der Waals surface area contributed by atoms with E-state index in [4.69, 9.17) is 4.99 Å². The summed E-state index contributed by atoms with van der Waals surface area (Å²) in [6.07, 6.45) is 3.71. The molecule has 2 atom stereocenters. The second-order valence-corrected chi connectivity index (χ2v) is 6.55. The van der Waals surface area contributed by atoms with Gasteiger partial charge in [-0.25, -0.2) is 0 Å². The van der Waals surface area contributed by atoms with Gasteiger partial charge in [0, 0.05) is 29.6 Å². The number of amidine groups is 1. The van der Waals surface area contributed by atoms with Crippen molar-refractivity contribution in [2.75, 3.05) is 6.54 Å². The molecule has 3 aliphatic rings. The van der Waals surface area contributed by atoms with Crippen LogP contribution in [-0.4, -0.2) is 27.6 Å². The van der Waals surface area contributed by atoms with Crippen LogP contribution < -0.4 is 0 Å². The Labute approximate surface area is 126 Å². The summed E-state index contributed by atoms with van der Waals surface area (Å²) in [5, 5.41) is 14.1. The summed E-state index contributed by atoms with van der Waals surface area (Å²) in [4.78, 5) is 17.7. The van der Waals surface area contributed by atoms with E-state index >= 15 is 0 Å². The minimum Gasteiger partial charge on any atom is -0.320 e. The first-order valence-electron chi connectivity index (χ1n) is 7.19. The van der Waals surface area contributed by atoms with E-state index in [0.717, 1.165) is 23.0 Å². The Balaban J connectivity index is 1.66. The number of fused-ring (bicyclic) bond motifs is 2. The number of hydrogen-bond acceptors (Lipinski definition) is 5. The predicted molar refractivity (Wildman–Crippen MR) is 83.9 cm³/mol. The highest BCUT2D eigenvalue weighted by Gasteiger charge is 2.37. The number of rotatable bonds is 2. The first-order valence-corrected chi connectivity index (χ1v) is 8.07. The molecule has 0 N–H and O–H groups in total. The minimum atomic E-state index is -0.343. The molecule has 21 heavy (non-hydrogen) atoms. The zero-order valence-electron chi connectivity index (χ0n) is 11.4. The van der Waals surface area contributed by atoms with E-state index in [2.05, 4.69) is 10.3 Å². The fraction of sp³-hybridized carbons (Fsp3) is 0.400. The van der Waals surface area contributed by atoms with Gasteiger partial charge in [0.15, 0.2) is 5.17 Å². The van der Waals surface area contributed by atoms with Crippen LogP contribution in [0.1, 0.15) is 24.8 Å². The van der Waals surface area contributed by atoms with Crippen molar-refractivity contribution in [3.63, 3.8) is 0 Å². The molecule has 1 aromatic carbocycles. The maximum Gasteiger partial charge on any atom is 0.270 e. The number of thioether (sulfide) groups is 1. The van der Waals surface area contributed by atoms with Gasteiger partial charge in [0.05, 0.1) is 16.7 Å². The fourth-order valence-corrected chi connectivity index (χ4v) is 4.37. The molecule has 108 valence electrons. The van der Waals surface area contributed by atoms with Gasteiger partial charge in [0.25, 0.3) is 5.69 Å². The van der Waals surface area contributed by atoms with Crippen molar-refractivity contribution >= 4 is 28.3 Å². The zero-order valence-corrected chi connectivity index (χ0v) is 12.3. The molecule has 1 saturated carbocycles. The van der Waals surface area contributed by atoms with Crippen LogP contribution in [0.3, 0.4) is 0 Å². The van der Waals surface area contributed by atoms with Gasteiger partial charge < -0.3 is 4.90 Å². The van der Waals surface area contributed by atoms with Crippen molar-refractivity contribution in [3.8, 4) is 0 Å². The second-order valence-electron chi connectivity index (χ2n) is 5.71. The first-order chi connectivity index (χ1) is 10.2. The zero-order chi connectivity index (χ0) is 14.4. The lowest BCUT2D eigenvalue weighted by molar-refractivity contribution is -0.384. The van der Waals surface area contributed by atoms with Crippen molar-refractivity contribution in [3.05, 3.63) is 45.4 Å². The van der Waals surface area contributed by atoms with Gasteiger partial charge in [-0.2, -0.15) is 0 Å². The Morgan fingerprint density at radius 1 is 1.38 bits per heavy atom. The molecule has 0 amide bonds. The molecule has 2 heterocycles. The molecule has 6 heteroatoms. The third-order valence-corrected chi connectivity index (χ3v) is 5.34. The van der Waals surface area contributed by atoms with Gasteiger partial charge in [-0.1, -0.05) is 30.3 Å². The lowest BCUT2D eigenvalue weighted by Gasteiger charge is -2.32. The quantitative estimate of drug-likeness (QED) is 0.620. The molecule has 0 saturated heterocycles.